The maximum atomic E-state index is 6.75. The molecule has 0 bridgehead atoms. The van der Waals surface area contributed by atoms with Gasteiger partial charge in [0.05, 0.1) is 5.54 Å². The minimum Gasteiger partial charge on any atom is -0.468 e. The van der Waals surface area contributed by atoms with Gasteiger partial charge in [-0.05, 0) is 73.6 Å². The van der Waals surface area contributed by atoms with Gasteiger partial charge in [-0.25, -0.2) is 0 Å². The van der Waals surface area contributed by atoms with Gasteiger partial charge in [0.15, 0.2) is 5.05 Å². The van der Waals surface area contributed by atoms with Crippen LogP contribution < -0.4 is 16.2 Å². The quantitative estimate of drug-likeness (QED) is 0.771. The van der Waals surface area contributed by atoms with Crippen LogP contribution in [0, 0.1) is 10.8 Å². The van der Waals surface area contributed by atoms with Crippen LogP contribution in [-0.4, -0.2) is 21.9 Å². The molecule has 0 heterocycles. The van der Waals surface area contributed by atoms with E-state index in [4.69, 9.17) is 45.4 Å². The second kappa shape index (κ2) is 7.17. The van der Waals surface area contributed by atoms with Gasteiger partial charge < -0.3 is 20.9 Å². The third kappa shape index (κ3) is 4.68. The molecular formula is C19H28N2O2S2. The zero-order valence-corrected chi connectivity index (χ0v) is 17.0. The van der Waals surface area contributed by atoms with E-state index in [1.807, 2.05) is 37.3 Å². The summed E-state index contributed by atoms with van der Waals surface area (Å²) in [6.07, 6.45) is 2.43. The molecule has 3 unspecified atom stereocenters. The van der Waals surface area contributed by atoms with Crippen molar-refractivity contribution in [2.75, 3.05) is 0 Å². The monoisotopic (exact) mass is 380 g/mol. The molecule has 1 fully saturated rings. The molecule has 1 aliphatic rings. The van der Waals surface area contributed by atoms with E-state index in [-0.39, 0.29) is 22.1 Å². The summed E-state index contributed by atoms with van der Waals surface area (Å²) in [4.78, 5) is 0. The predicted octanol–water partition coefficient (Wildman–Crippen LogP) is 3.96. The standard InChI is InChI=1S/C19H28N2O2S2/c1-17(2)10-14(23-16(20)25)11-18(3,12-17)19(4,21)15(24)22-13-8-6-5-7-9-13/h5-9,14H,10-12,21H2,1-4H3,(H2,20,25). The lowest BCUT2D eigenvalue weighted by molar-refractivity contribution is -0.0244. The summed E-state index contributed by atoms with van der Waals surface area (Å²) in [5, 5.41) is 0.458. The smallest absolute Gasteiger partial charge is 0.254 e. The zero-order chi connectivity index (χ0) is 18.9. The van der Waals surface area contributed by atoms with Gasteiger partial charge in [-0.3, -0.25) is 0 Å². The Kier molecular flexibility index (Phi) is 5.76. The van der Waals surface area contributed by atoms with Crippen molar-refractivity contribution in [2.45, 2.75) is 58.6 Å². The maximum Gasteiger partial charge on any atom is 0.254 e. The fraction of sp³-hybridized carbons (Fsp3) is 0.579. The van der Waals surface area contributed by atoms with Gasteiger partial charge in [-0.2, -0.15) is 0 Å². The normalized spacial score (nSPS) is 27.8. The molecule has 1 saturated carbocycles. The first-order chi connectivity index (χ1) is 11.5. The van der Waals surface area contributed by atoms with E-state index in [1.54, 1.807) is 0 Å². The molecule has 4 N–H and O–H groups in total. The largest absolute Gasteiger partial charge is 0.468 e. The summed E-state index contributed by atoms with van der Waals surface area (Å²) in [6.45, 7) is 8.50. The first-order valence-electron chi connectivity index (χ1n) is 8.48. The van der Waals surface area contributed by atoms with E-state index in [0.29, 0.717) is 10.8 Å². The highest BCUT2D eigenvalue weighted by Crippen LogP contribution is 2.52. The van der Waals surface area contributed by atoms with E-state index < -0.39 is 5.54 Å². The van der Waals surface area contributed by atoms with Crippen LogP contribution in [0.2, 0.25) is 0 Å². The number of para-hydroxylation sites is 1. The molecule has 1 aromatic rings. The van der Waals surface area contributed by atoms with Crippen molar-refractivity contribution in [3.63, 3.8) is 0 Å². The molecule has 6 heteroatoms. The molecule has 1 aliphatic carbocycles. The predicted molar refractivity (Wildman–Crippen MR) is 110 cm³/mol. The third-order valence-corrected chi connectivity index (χ3v) is 5.85. The Bertz CT molecular complexity index is 646. The van der Waals surface area contributed by atoms with Crippen molar-refractivity contribution < 1.29 is 9.47 Å². The second-order valence-corrected chi connectivity index (χ2v) is 9.05. The molecule has 0 saturated heterocycles. The highest BCUT2D eigenvalue weighted by molar-refractivity contribution is 7.80. The van der Waals surface area contributed by atoms with Crippen LogP contribution in [0.15, 0.2) is 30.3 Å². The van der Waals surface area contributed by atoms with Gasteiger partial charge >= 0.3 is 0 Å². The number of hydrogen-bond donors (Lipinski definition) is 2. The van der Waals surface area contributed by atoms with Crippen molar-refractivity contribution in [1.82, 2.24) is 0 Å². The van der Waals surface area contributed by atoms with E-state index in [2.05, 4.69) is 20.8 Å². The number of thiocarbonyl (C=S) groups is 2. The van der Waals surface area contributed by atoms with E-state index in [9.17, 15) is 0 Å². The van der Waals surface area contributed by atoms with Crippen molar-refractivity contribution in [2.24, 2.45) is 22.3 Å². The maximum absolute atomic E-state index is 6.75. The summed E-state index contributed by atoms with van der Waals surface area (Å²) in [6, 6.07) is 9.48. The van der Waals surface area contributed by atoms with Crippen LogP contribution in [0.3, 0.4) is 0 Å². The minimum absolute atomic E-state index is 0.0332. The first kappa shape index (κ1) is 20.1. The van der Waals surface area contributed by atoms with Gasteiger partial charge in [0.25, 0.3) is 5.17 Å². The van der Waals surface area contributed by atoms with Crippen molar-refractivity contribution >= 4 is 34.7 Å². The molecule has 3 atom stereocenters. The SMILES string of the molecule is CC1(C)CC(OC(N)=S)CC(C)(C(C)(N)C(=S)Oc2ccccc2)C1. The summed E-state index contributed by atoms with van der Waals surface area (Å²) >= 11 is 10.5. The van der Waals surface area contributed by atoms with Gasteiger partial charge in [-0.15, -0.1) is 0 Å². The van der Waals surface area contributed by atoms with Gasteiger partial charge in [0.2, 0.25) is 0 Å². The molecule has 0 aromatic heterocycles. The summed E-state index contributed by atoms with van der Waals surface area (Å²) in [5.41, 5.74) is 11.3. The molecule has 0 aliphatic heterocycles. The van der Waals surface area contributed by atoms with Crippen LogP contribution in [0.25, 0.3) is 0 Å². The lowest BCUT2D eigenvalue weighted by atomic mass is 9.56. The molecule has 0 radical (unpaired) electrons. The summed E-state index contributed by atoms with van der Waals surface area (Å²) in [7, 11) is 0. The Morgan fingerprint density at radius 3 is 2.32 bits per heavy atom. The lowest BCUT2D eigenvalue weighted by Gasteiger charge is -2.53. The second-order valence-electron chi connectivity index (χ2n) is 8.27. The molecule has 138 valence electrons. The molecule has 4 nitrogen and oxygen atoms in total. The Hall–Kier alpha value is -1.24. The molecule has 25 heavy (non-hydrogen) atoms. The molecule has 1 aromatic carbocycles. The summed E-state index contributed by atoms with van der Waals surface area (Å²) in [5.74, 6) is 0.693. The molecule has 2 rings (SSSR count). The topological polar surface area (TPSA) is 70.5 Å². The lowest BCUT2D eigenvalue weighted by Crippen LogP contribution is -2.62. The van der Waals surface area contributed by atoms with Gasteiger partial charge in [-0.1, -0.05) is 39.0 Å². The minimum atomic E-state index is -0.812. The van der Waals surface area contributed by atoms with Crippen molar-refractivity contribution in [3.8, 4) is 5.75 Å². The average Bonchev–Trinajstić information content (AvgIpc) is 2.45. The van der Waals surface area contributed by atoms with Gasteiger partial charge in [0, 0.05) is 0 Å². The molecular weight excluding hydrogens is 352 g/mol. The van der Waals surface area contributed by atoms with Crippen molar-refractivity contribution in [1.29, 1.82) is 0 Å². The fourth-order valence-corrected chi connectivity index (χ4v) is 4.46. The van der Waals surface area contributed by atoms with Crippen LogP contribution in [0.5, 0.6) is 5.75 Å². The zero-order valence-electron chi connectivity index (χ0n) is 15.4. The Labute approximate surface area is 161 Å². The number of nitrogens with two attached hydrogens (primary N) is 2. The van der Waals surface area contributed by atoms with E-state index in [0.717, 1.165) is 19.3 Å². The Balaban J connectivity index is 2.24. The van der Waals surface area contributed by atoms with E-state index >= 15 is 0 Å². The number of ether oxygens (including phenoxy) is 2. The van der Waals surface area contributed by atoms with Crippen molar-refractivity contribution in [3.05, 3.63) is 30.3 Å². The number of benzene rings is 1. The van der Waals surface area contributed by atoms with Crippen LogP contribution >= 0.6 is 24.4 Å². The molecule has 0 spiro atoms. The third-order valence-electron chi connectivity index (χ3n) is 5.24. The first-order valence-corrected chi connectivity index (χ1v) is 9.29. The van der Waals surface area contributed by atoms with Crippen LogP contribution in [0.4, 0.5) is 0 Å². The molecule has 0 amide bonds. The Morgan fingerprint density at radius 1 is 1.16 bits per heavy atom. The van der Waals surface area contributed by atoms with Crippen LogP contribution in [-0.2, 0) is 4.74 Å². The highest BCUT2D eigenvalue weighted by Gasteiger charge is 2.53. The Morgan fingerprint density at radius 2 is 1.76 bits per heavy atom. The summed E-state index contributed by atoms with van der Waals surface area (Å²) < 4.78 is 11.6. The van der Waals surface area contributed by atoms with Crippen LogP contribution in [0.1, 0.15) is 47.0 Å². The van der Waals surface area contributed by atoms with Gasteiger partial charge in [0.1, 0.15) is 11.9 Å². The number of rotatable bonds is 4. The highest BCUT2D eigenvalue weighted by atomic mass is 32.1. The van der Waals surface area contributed by atoms with E-state index in [1.165, 1.54) is 0 Å². The fourth-order valence-electron chi connectivity index (χ4n) is 3.98. The average molecular weight is 381 g/mol. The number of hydrogen-bond acceptors (Lipinski definition) is 5.